The van der Waals surface area contributed by atoms with Crippen LogP contribution in [0.1, 0.15) is 18.9 Å². The molecule has 0 spiro atoms. The Labute approximate surface area is 123 Å². The number of nitrogens with zero attached hydrogens (tertiary/aromatic N) is 2. The first-order valence-electron chi connectivity index (χ1n) is 6.93. The quantitative estimate of drug-likeness (QED) is 0.484. The average molecular weight is 290 g/mol. The van der Waals surface area contributed by atoms with Gasteiger partial charge in [-0.3, -0.25) is 14.9 Å². The molecule has 1 amide bonds. The molecule has 1 aliphatic rings. The normalized spacial score (nSPS) is 18.9. The van der Waals surface area contributed by atoms with Gasteiger partial charge in [-0.25, -0.2) is 0 Å². The molecule has 0 radical (unpaired) electrons. The van der Waals surface area contributed by atoms with Gasteiger partial charge in [0.1, 0.15) is 0 Å². The lowest BCUT2D eigenvalue weighted by Crippen LogP contribution is -2.44. The minimum atomic E-state index is -0.452. The molecule has 6 heteroatoms. The number of benzene rings is 1. The van der Waals surface area contributed by atoms with Gasteiger partial charge in [-0.1, -0.05) is 19.1 Å². The molecule has 2 rings (SSSR count). The molecule has 1 aromatic rings. The van der Waals surface area contributed by atoms with Gasteiger partial charge in [0.25, 0.3) is 5.69 Å². The van der Waals surface area contributed by atoms with Crippen molar-refractivity contribution in [1.29, 1.82) is 0 Å². The summed E-state index contributed by atoms with van der Waals surface area (Å²) in [6.07, 6.45) is 3.82. The molecule has 1 atom stereocenters. The number of carbonyl (C=O) groups is 1. The van der Waals surface area contributed by atoms with Crippen molar-refractivity contribution in [3.8, 4) is 0 Å². The third kappa shape index (κ3) is 3.88. The Kier molecular flexibility index (Phi) is 5.05. The van der Waals surface area contributed by atoms with Crippen LogP contribution in [0.5, 0.6) is 0 Å². The molecule has 21 heavy (non-hydrogen) atoms. The lowest BCUT2D eigenvalue weighted by molar-refractivity contribution is -0.385. The van der Waals surface area contributed by atoms with Gasteiger partial charge in [0, 0.05) is 25.2 Å². The van der Waals surface area contributed by atoms with E-state index in [2.05, 4.69) is 0 Å². The zero-order valence-electron chi connectivity index (χ0n) is 11.9. The maximum Gasteiger partial charge on any atom is 0.276 e. The van der Waals surface area contributed by atoms with Gasteiger partial charge in [0.05, 0.1) is 23.2 Å². The average Bonchev–Trinajstić information content (AvgIpc) is 2.52. The van der Waals surface area contributed by atoms with E-state index in [-0.39, 0.29) is 17.7 Å². The van der Waals surface area contributed by atoms with Crippen molar-refractivity contribution in [2.75, 3.05) is 19.7 Å². The molecule has 0 aromatic heterocycles. The number of para-hydroxylation sites is 1. The molecule has 6 nitrogen and oxygen atoms in total. The Hall–Kier alpha value is -2.21. The second kappa shape index (κ2) is 6.99. The number of hydrogen-bond acceptors (Lipinski definition) is 4. The van der Waals surface area contributed by atoms with Crippen LogP contribution in [-0.4, -0.2) is 41.5 Å². The third-order valence-corrected chi connectivity index (χ3v) is 3.44. The van der Waals surface area contributed by atoms with Crippen molar-refractivity contribution in [3.63, 3.8) is 0 Å². The first-order chi connectivity index (χ1) is 10.1. The number of rotatable bonds is 4. The Morgan fingerprint density at radius 1 is 1.52 bits per heavy atom. The molecule has 1 fully saturated rings. The van der Waals surface area contributed by atoms with Gasteiger partial charge in [-0.2, -0.15) is 0 Å². The smallest absolute Gasteiger partial charge is 0.276 e. The van der Waals surface area contributed by atoms with Crippen LogP contribution in [-0.2, 0) is 9.53 Å². The Bertz CT molecular complexity index is 556. The second-order valence-electron chi connectivity index (χ2n) is 4.83. The van der Waals surface area contributed by atoms with Crippen molar-refractivity contribution in [2.24, 2.45) is 0 Å². The van der Waals surface area contributed by atoms with Crippen LogP contribution in [0, 0.1) is 10.1 Å². The standard InChI is InChI=1S/C15H18N2O4/c1-2-13-11-16(9-10-21-13)15(18)8-7-12-5-3-4-6-14(12)17(19)20/h3-8,13H,2,9-11H2,1H3. The van der Waals surface area contributed by atoms with Crippen LogP contribution >= 0.6 is 0 Å². The van der Waals surface area contributed by atoms with Gasteiger partial charge in [-0.15, -0.1) is 0 Å². The summed E-state index contributed by atoms with van der Waals surface area (Å²) < 4.78 is 5.51. The summed E-state index contributed by atoms with van der Waals surface area (Å²) in [5, 5.41) is 10.9. The Morgan fingerprint density at radius 2 is 2.29 bits per heavy atom. The summed E-state index contributed by atoms with van der Waals surface area (Å²) in [4.78, 5) is 24.3. The van der Waals surface area contributed by atoms with Gasteiger partial charge >= 0.3 is 0 Å². The van der Waals surface area contributed by atoms with Gasteiger partial charge in [-0.05, 0) is 18.6 Å². The molecule has 0 aliphatic carbocycles. The lowest BCUT2D eigenvalue weighted by Gasteiger charge is -2.31. The second-order valence-corrected chi connectivity index (χ2v) is 4.83. The molecular formula is C15H18N2O4. The minimum absolute atomic E-state index is 0.00466. The van der Waals surface area contributed by atoms with E-state index in [0.29, 0.717) is 25.3 Å². The molecular weight excluding hydrogens is 272 g/mol. The summed E-state index contributed by atoms with van der Waals surface area (Å²) in [5.41, 5.74) is 0.422. The van der Waals surface area contributed by atoms with E-state index in [1.54, 1.807) is 23.1 Å². The van der Waals surface area contributed by atoms with Crippen LogP contribution in [0.15, 0.2) is 30.3 Å². The van der Waals surface area contributed by atoms with E-state index in [1.807, 2.05) is 6.92 Å². The number of nitro groups is 1. The van der Waals surface area contributed by atoms with Crippen LogP contribution < -0.4 is 0 Å². The fourth-order valence-electron chi connectivity index (χ4n) is 2.23. The van der Waals surface area contributed by atoms with E-state index < -0.39 is 4.92 Å². The molecule has 112 valence electrons. The highest BCUT2D eigenvalue weighted by Crippen LogP contribution is 2.19. The summed E-state index contributed by atoms with van der Waals surface area (Å²) in [7, 11) is 0. The molecule has 0 saturated carbocycles. The van der Waals surface area contributed by atoms with E-state index >= 15 is 0 Å². The number of ether oxygens (including phenoxy) is 1. The van der Waals surface area contributed by atoms with Gasteiger partial charge < -0.3 is 9.64 Å². The first kappa shape index (κ1) is 15.2. The fourth-order valence-corrected chi connectivity index (χ4v) is 2.23. The Morgan fingerprint density at radius 3 is 3.00 bits per heavy atom. The lowest BCUT2D eigenvalue weighted by atomic mass is 10.1. The predicted molar refractivity (Wildman–Crippen MR) is 78.7 cm³/mol. The summed E-state index contributed by atoms with van der Waals surface area (Å²) in [6, 6.07) is 6.35. The monoisotopic (exact) mass is 290 g/mol. The largest absolute Gasteiger partial charge is 0.375 e. The Balaban J connectivity index is 2.07. The van der Waals surface area contributed by atoms with E-state index in [4.69, 9.17) is 4.74 Å². The zero-order chi connectivity index (χ0) is 15.2. The molecule has 1 aromatic carbocycles. The van der Waals surface area contributed by atoms with Crippen molar-refractivity contribution >= 4 is 17.7 Å². The van der Waals surface area contributed by atoms with Crippen molar-refractivity contribution in [3.05, 3.63) is 46.0 Å². The third-order valence-electron chi connectivity index (χ3n) is 3.44. The van der Waals surface area contributed by atoms with Crippen LogP contribution in [0.2, 0.25) is 0 Å². The molecule has 1 saturated heterocycles. The number of carbonyl (C=O) groups excluding carboxylic acids is 1. The predicted octanol–water partition coefficient (Wildman–Crippen LogP) is 2.25. The number of morpholine rings is 1. The SMILES string of the molecule is CCC1CN(C(=O)C=Cc2ccccc2[N+](=O)[O-])CCO1. The highest BCUT2D eigenvalue weighted by Gasteiger charge is 2.21. The van der Waals surface area contributed by atoms with E-state index in [0.717, 1.165) is 6.42 Å². The summed E-state index contributed by atoms with van der Waals surface area (Å²) in [6.45, 7) is 3.67. The van der Waals surface area contributed by atoms with Crippen molar-refractivity contribution in [1.82, 2.24) is 4.90 Å². The topological polar surface area (TPSA) is 72.7 Å². The van der Waals surface area contributed by atoms with E-state index in [9.17, 15) is 14.9 Å². The highest BCUT2D eigenvalue weighted by molar-refractivity contribution is 5.92. The van der Waals surface area contributed by atoms with Crippen LogP contribution in [0.3, 0.4) is 0 Å². The molecule has 1 unspecified atom stereocenters. The van der Waals surface area contributed by atoms with Gasteiger partial charge in [0.2, 0.25) is 5.91 Å². The molecule has 1 aliphatic heterocycles. The van der Waals surface area contributed by atoms with Gasteiger partial charge in [0.15, 0.2) is 0 Å². The molecule has 0 N–H and O–H groups in total. The van der Waals surface area contributed by atoms with Crippen LogP contribution in [0.4, 0.5) is 5.69 Å². The summed E-state index contributed by atoms with van der Waals surface area (Å²) >= 11 is 0. The maximum atomic E-state index is 12.1. The maximum absolute atomic E-state index is 12.1. The van der Waals surface area contributed by atoms with Crippen LogP contribution in [0.25, 0.3) is 6.08 Å². The number of hydrogen-bond donors (Lipinski definition) is 0. The highest BCUT2D eigenvalue weighted by atomic mass is 16.6. The molecule has 0 bridgehead atoms. The number of amides is 1. The molecule has 1 heterocycles. The minimum Gasteiger partial charge on any atom is -0.375 e. The first-order valence-corrected chi connectivity index (χ1v) is 6.93. The number of nitro benzene ring substituents is 1. The van der Waals surface area contributed by atoms with Crippen molar-refractivity contribution in [2.45, 2.75) is 19.4 Å². The summed E-state index contributed by atoms with van der Waals surface area (Å²) in [5.74, 6) is -0.144. The fraction of sp³-hybridized carbons (Fsp3) is 0.400. The van der Waals surface area contributed by atoms with E-state index in [1.165, 1.54) is 18.2 Å². The van der Waals surface area contributed by atoms with Crippen molar-refractivity contribution < 1.29 is 14.5 Å². The zero-order valence-corrected chi connectivity index (χ0v) is 11.9.